The van der Waals surface area contributed by atoms with Gasteiger partial charge in [-0.15, -0.1) is 0 Å². The number of aryl methyl sites for hydroxylation is 4. The first kappa shape index (κ1) is 85.0. The van der Waals surface area contributed by atoms with Gasteiger partial charge in [-0.05, 0) is 101 Å². The Bertz CT molecular complexity index is 2210. The van der Waals surface area contributed by atoms with Gasteiger partial charge in [-0.1, -0.05) is 77.0 Å². The summed E-state index contributed by atoms with van der Waals surface area (Å²) in [7, 11) is -21.3. The zero-order valence-electron chi connectivity index (χ0n) is 45.3. The molecule has 0 saturated heterocycles. The molecule has 444 valence electrons. The van der Waals surface area contributed by atoms with Crippen LogP contribution in [-0.4, -0.2) is 89.5 Å². The molecule has 0 aliphatic rings. The Kier molecular flexibility index (Phi) is 37.9. The van der Waals surface area contributed by atoms with Gasteiger partial charge in [-0.2, -0.15) is 10.5 Å². The molecule has 2 N–H and O–H groups in total. The SMILES string of the molecule is CC(=NCCN(Cc1cccc(C)n1)Cc1cccc(C)n1)C(C)(C)[O-].CC(=NCCN(Cc1cccc(C)n1)Cc1cccc(C)n1)C(C)(C)[O-].CCC#N.CCC#N.F[P-](F)(F)(F)(F)F.F[P-](F)(F)(F)(F)F.[Fe+4].[Fe+4].[OH-].[OH-]. The molecule has 0 saturated carbocycles. The van der Waals surface area contributed by atoms with Crippen molar-refractivity contribution in [1.29, 1.82) is 10.5 Å². The normalized spacial score (nSPS) is 13.1. The topological polar surface area (TPSA) is 236 Å². The average Bonchev–Trinajstić information content (AvgIpc) is 3.21. The molecule has 4 heterocycles. The first-order valence-electron chi connectivity index (χ1n) is 22.7. The van der Waals surface area contributed by atoms with Crippen LogP contribution in [0.15, 0.2) is 82.8 Å². The Morgan fingerprint density at radius 3 is 0.808 bits per heavy atom. The largest absolute Gasteiger partial charge is 4.00 e. The van der Waals surface area contributed by atoms with Crippen LogP contribution in [0.3, 0.4) is 0 Å². The summed E-state index contributed by atoms with van der Waals surface area (Å²) in [5, 5.41) is 39.2. The van der Waals surface area contributed by atoms with E-state index in [1.54, 1.807) is 27.7 Å². The van der Waals surface area contributed by atoms with Gasteiger partial charge in [0.15, 0.2) is 0 Å². The van der Waals surface area contributed by atoms with Crippen molar-refractivity contribution in [2.75, 3.05) is 26.2 Å². The first-order chi connectivity index (χ1) is 33.2. The van der Waals surface area contributed by atoms with E-state index in [0.29, 0.717) is 37.4 Å². The van der Waals surface area contributed by atoms with Crippen molar-refractivity contribution in [2.45, 2.75) is 133 Å². The second kappa shape index (κ2) is 34.8. The standard InChI is InChI=1S/2C21H29N4O.2C3H5N.2F6P.2Fe.2H2O/c2*1-16-8-6-10-19(23-16)14-25(13-12-22-18(3)21(4,5)26)15-20-11-7-9-17(2)24-20;2*1-2-3-4;2*1-7(2,3,4,5)6;;;;/h2*6-11H,12-15H2,1-5H3;2*2H2,1H3;;;;;2*1H2/q2*-1;;;2*-1;2*+4;;/p-2. The van der Waals surface area contributed by atoms with Gasteiger partial charge >= 0.3 is 100 Å². The minimum absolute atomic E-state index is 0. The van der Waals surface area contributed by atoms with Crippen LogP contribution in [0.25, 0.3) is 0 Å². The monoisotopic (exact) mass is 1250 g/mol. The van der Waals surface area contributed by atoms with Gasteiger partial charge in [0, 0.05) is 74.9 Å². The van der Waals surface area contributed by atoms with Crippen LogP contribution in [-0.2, 0) is 60.3 Å². The molecule has 78 heavy (non-hydrogen) atoms. The van der Waals surface area contributed by atoms with E-state index < -0.39 is 26.8 Å². The second-order valence-corrected chi connectivity index (χ2v) is 21.2. The van der Waals surface area contributed by atoms with Crippen molar-refractivity contribution in [2.24, 2.45) is 9.98 Å². The molecule has 4 aromatic heterocycles. The third kappa shape index (κ3) is 59.4. The van der Waals surface area contributed by atoms with Gasteiger partial charge in [0.25, 0.3) is 0 Å². The van der Waals surface area contributed by atoms with Crippen LogP contribution < -0.4 is 10.2 Å². The third-order valence-electron chi connectivity index (χ3n) is 8.92. The molecule has 0 spiro atoms. The molecule has 4 aromatic rings. The molecule has 4 rings (SSSR count). The number of pyridine rings is 4. The molecule has 14 nitrogen and oxygen atoms in total. The van der Waals surface area contributed by atoms with E-state index in [1.165, 1.54) is 0 Å². The first-order valence-corrected chi connectivity index (χ1v) is 26.7. The van der Waals surface area contributed by atoms with E-state index in [2.05, 4.69) is 39.7 Å². The summed E-state index contributed by atoms with van der Waals surface area (Å²) < 4.78 is 118. The van der Waals surface area contributed by atoms with E-state index in [-0.39, 0.29) is 45.1 Å². The summed E-state index contributed by atoms with van der Waals surface area (Å²) in [5.74, 6) is 0. The molecular weight excluding hydrogens is 1180 g/mol. The molecule has 30 heteroatoms. The summed E-state index contributed by atoms with van der Waals surface area (Å²) in [6, 6.07) is 28.1. The summed E-state index contributed by atoms with van der Waals surface area (Å²) >= 11 is 0. The van der Waals surface area contributed by atoms with Crippen molar-refractivity contribution in [1.82, 2.24) is 29.7 Å². The van der Waals surface area contributed by atoms with Crippen LogP contribution in [0, 0.1) is 50.4 Å². The fraction of sp³-hybridized carbons (Fsp3) is 0.500. The number of aromatic nitrogens is 4. The number of nitrogens with zero attached hydrogens (tertiary/aromatic N) is 10. The molecular formula is C48H70F12Fe2N10O4P2+2. The van der Waals surface area contributed by atoms with Crippen molar-refractivity contribution >= 4 is 27.0 Å². The van der Waals surface area contributed by atoms with Crippen LogP contribution in [0.1, 0.15) is 114 Å². The molecule has 0 aromatic carbocycles. The molecule has 0 aliphatic carbocycles. The maximum absolute atomic E-state index is 12.0. The predicted molar refractivity (Wildman–Crippen MR) is 271 cm³/mol. The number of rotatable bonds is 16. The molecule has 0 atom stereocenters. The molecule has 0 fully saturated rings. The van der Waals surface area contributed by atoms with Gasteiger partial charge in [-0.3, -0.25) is 39.7 Å². The van der Waals surface area contributed by atoms with E-state index >= 15 is 0 Å². The van der Waals surface area contributed by atoms with E-state index in [4.69, 9.17) is 10.5 Å². The number of nitriles is 2. The molecule has 0 radical (unpaired) electrons. The molecule has 0 amide bonds. The Morgan fingerprint density at radius 2 is 0.667 bits per heavy atom. The van der Waals surface area contributed by atoms with Crippen molar-refractivity contribution in [3.8, 4) is 12.1 Å². The van der Waals surface area contributed by atoms with Crippen LogP contribution in [0.5, 0.6) is 0 Å². The number of halogens is 12. The predicted octanol–water partition coefficient (Wildman–Crippen LogP) is 13.6. The summed E-state index contributed by atoms with van der Waals surface area (Å²) in [5.41, 5.74) is 7.20. The van der Waals surface area contributed by atoms with Gasteiger partial charge in [0.05, 0.1) is 48.0 Å². The molecule has 0 bridgehead atoms. The van der Waals surface area contributed by atoms with Crippen molar-refractivity contribution < 1.29 is 106 Å². The Labute approximate surface area is 471 Å². The van der Waals surface area contributed by atoms with Gasteiger partial charge in [0.1, 0.15) is 0 Å². The fourth-order valence-electron chi connectivity index (χ4n) is 5.19. The quantitative estimate of drug-likeness (QED) is 0.0441. The van der Waals surface area contributed by atoms with Crippen molar-refractivity contribution in [3.63, 3.8) is 0 Å². The van der Waals surface area contributed by atoms with Crippen LogP contribution in [0.2, 0.25) is 0 Å². The van der Waals surface area contributed by atoms with Gasteiger partial charge in [0.2, 0.25) is 0 Å². The minimum Gasteiger partial charge on any atom is -0.870 e. The summed E-state index contributed by atoms with van der Waals surface area (Å²) in [6.45, 7) is 27.4. The summed E-state index contributed by atoms with van der Waals surface area (Å²) in [4.78, 5) is 31.9. The maximum atomic E-state index is 12.0. The second-order valence-electron chi connectivity index (χ2n) is 17.4. The van der Waals surface area contributed by atoms with Gasteiger partial charge in [-0.25, -0.2) is 0 Å². The number of aliphatic imine (C=N–C) groups is 2. The van der Waals surface area contributed by atoms with E-state index in [0.717, 1.165) is 84.8 Å². The zero-order chi connectivity index (χ0) is 58.0. The van der Waals surface area contributed by atoms with E-state index in [9.17, 15) is 60.6 Å². The van der Waals surface area contributed by atoms with Crippen LogP contribution in [0.4, 0.5) is 50.4 Å². The molecule has 0 unspecified atom stereocenters. The van der Waals surface area contributed by atoms with Crippen molar-refractivity contribution in [3.05, 3.63) is 118 Å². The fourth-order valence-corrected chi connectivity index (χ4v) is 5.19. The smallest absolute Gasteiger partial charge is 0.870 e. The van der Waals surface area contributed by atoms with Crippen LogP contribution >= 0.6 is 15.6 Å². The number of hydrogen-bond acceptors (Lipinski definition) is 14. The zero-order valence-corrected chi connectivity index (χ0v) is 49.3. The Morgan fingerprint density at radius 1 is 0.487 bits per heavy atom. The van der Waals surface area contributed by atoms with Gasteiger partial charge < -0.3 is 21.2 Å². The Hall–Kier alpha value is -4.26. The minimum atomic E-state index is -10.7. The third-order valence-corrected chi connectivity index (χ3v) is 8.92. The van der Waals surface area contributed by atoms with E-state index in [1.807, 2.05) is 140 Å². The maximum Gasteiger partial charge on any atom is 4.00 e. The number of hydrogen-bond donors (Lipinski definition) is 0. The summed E-state index contributed by atoms with van der Waals surface area (Å²) in [6.07, 6.45) is 1.25. The Balaban J connectivity index is -0.000000232. The molecule has 0 aliphatic heterocycles. The average molecular weight is 1250 g/mol.